The van der Waals surface area contributed by atoms with Crippen molar-refractivity contribution in [3.05, 3.63) is 65.2 Å². The van der Waals surface area contributed by atoms with Crippen molar-refractivity contribution in [1.29, 1.82) is 0 Å². The molecule has 2 aromatic rings. The highest BCUT2D eigenvalue weighted by Crippen LogP contribution is 2.32. The molecule has 134 valence electrons. The molecule has 1 aliphatic heterocycles. The van der Waals surface area contributed by atoms with Crippen molar-refractivity contribution in [2.75, 3.05) is 6.54 Å². The normalized spacial score (nSPS) is 19.4. The average Bonchev–Trinajstić information content (AvgIpc) is 2.89. The molecule has 0 radical (unpaired) electrons. The van der Waals surface area contributed by atoms with Gasteiger partial charge in [-0.3, -0.25) is 9.69 Å². The van der Waals surface area contributed by atoms with Gasteiger partial charge in [-0.25, -0.2) is 9.59 Å². The van der Waals surface area contributed by atoms with E-state index in [1.54, 1.807) is 43.3 Å². The molecule has 1 aliphatic rings. The van der Waals surface area contributed by atoms with Gasteiger partial charge in [0.25, 0.3) is 5.91 Å². The van der Waals surface area contributed by atoms with Crippen LogP contribution in [0.1, 0.15) is 18.9 Å². The first-order valence-electron chi connectivity index (χ1n) is 8.12. The lowest BCUT2D eigenvalue weighted by atomic mass is 9.87. The number of rotatable bonds is 5. The number of hydrogen-bond acceptors (Lipinski definition) is 4. The quantitative estimate of drug-likeness (QED) is 0.497. The first-order chi connectivity index (χ1) is 12.5. The fourth-order valence-corrected chi connectivity index (χ4v) is 3.05. The highest BCUT2D eigenvalue weighted by molar-refractivity contribution is 6.30. The number of nitrogens with one attached hydrogen (secondary N) is 1. The van der Waals surface area contributed by atoms with E-state index < -0.39 is 30.0 Å². The number of hydrogen-bond donors (Lipinski definition) is 1. The molecule has 0 saturated carbocycles. The molecule has 1 unspecified atom stereocenters. The Balaban J connectivity index is 1.76. The summed E-state index contributed by atoms with van der Waals surface area (Å²) in [6.07, 6.45) is 0.365. The number of carbonyl (C=O) groups excluding carboxylic acids is 3. The molecule has 1 fully saturated rings. The third-order valence-electron chi connectivity index (χ3n) is 4.31. The van der Waals surface area contributed by atoms with Crippen LogP contribution < -0.4 is 10.1 Å². The predicted molar refractivity (Wildman–Crippen MR) is 95.7 cm³/mol. The van der Waals surface area contributed by atoms with Crippen LogP contribution >= 0.6 is 11.6 Å². The first-order valence-corrected chi connectivity index (χ1v) is 8.50. The summed E-state index contributed by atoms with van der Waals surface area (Å²) in [6.45, 7) is 1.34. The molecule has 0 aromatic heterocycles. The third kappa shape index (κ3) is 3.28. The van der Waals surface area contributed by atoms with Crippen molar-refractivity contribution in [2.24, 2.45) is 0 Å². The van der Waals surface area contributed by atoms with Crippen LogP contribution in [0, 0.1) is 0 Å². The molecule has 6 nitrogen and oxygen atoms in total. The maximum atomic E-state index is 12.9. The van der Waals surface area contributed by atoms with Crippen molar-refractivity contribution in [1.82, 2.24) is 10.2 Å². The van der Waals surface area contributed by atoms with E-state index in [2.05, 4.69) is 5.32 Å². The van der Waals surface area contributed by atoms with Gasteiger partial charge in [0.15, 0.2) is 0 Å². The summed E-state index contributed by atoms with van der Waals surface area (Å²) >= 11 is 5.78. The van der Waals surface area contributed by atoms with Gasteiger partial charge >= 0.3 is 12.0 Å². The molecular formula is C19H17ClN2O4. The summed E-state index contributed by atoms with van der Waals surface area (Å²) in [4.78, 5) is 38.3. The fraction of sp³-hybridized carbons (Fsp3) is 0.211. The van der Waals surface area contributed by atoms with Gasteiger partial charge in [0.1, 0.15) is 17.8 Å². The van der Waals surface area contributed by atoms with Gasteiger partial charge in [0, 0.05) is 5.02 Å². The molecule has 3 rings (SSSR count). The Morgan fingerprint density at radius 2 is 1.77 bits per heavy atom. The second kappa shape index (κ2) is 7.17. The Hall–Kier alpha value is -2.86. The van der Waals surface area contributed by atoms with E-state index in [4.69, 9.17) is 16.3 Å². The maximum absolute atomic E-state index is 12.9. The Kier molecular flexibility index (Phi) is 4.95. The third-order valence-corrected chi connectivity index (χ3v) is 4.56. The molecule has 1 N–H and O–H groups in total. The topological polar surface area (TPSA) is 75.7 Å². The van der Waals surface area contributed by atoms with Gasteiger partial charge in [0.2, 0.25) is 0 Å². The van der Waals surface area contributed by atoms with Crippen LogP contribution in [0.3, 0.4) is 0 Å². The number of imide groups is 1. The van der Waals surface area contributed by atoms with Gasteiger partial charge < -0.3 is 10.1 Å². The standard InChI is InChI=1S/C19H17ClN2O4/c1-2-19(13-6-4-3-5-7-13)17(24)22(18(25)21-19)12-16(23)26-15-10-8-14(20)9-11-15/h3-11H,2,12H2,1H3,(H,21,25). The molecule has 2 aromatic carbocycles. The molecule has 3 amide bonds. The van der Waals surface area contributed by atoms with E-state index in [1.165, 1.54) is 12.1 Å². The summed E-state index contributed by atoms with van der Waals surface area (Å²) in [5, 5.41) is 3.23. The van der Waals surface area contributed by atoms with Crippen LogP contribution in [0.25, 0.3) is 0 Å². The molecular weight excluding hydrogens is 356 g/mol. The predicted octanol–water partition coefficient (Wildman–Crippen LogP) is 3.10. The number of esters is 1. The number of halogens is 1. The molecule has 0 bridgehead atoms. The van der Waals surface area contributed by atoms with Crippen LogP contribution in [-0.2, 0) is 15.1 Å². The number of urea groups is 1. The van der Waals surface area contributed by atoms with E-state index in [-0.39, 0.29) is 5.75 Å². The van der Waals surface area contributed by atoms with Gasteiger partial charge in [0.05, 0.1) is 0 Å². The minimum Gasteiger partial charge on any atom is -0.425 e. The monoisotopic (exact) mass is 372 g/mol. The van der Waals surface area contributed by atoms with E-state index in [0.717, 1.165) is 4.90 Å². The zero-order valence-electron chi connectivity index (χ0n) is 14.1. The van der Waals surface area contributed by atoms with E-state index in [0.29, 0.717) is 17.0 Å². The largest absolute Gasteiger partial charge is 0.425 e. The smallest absolute Gasteiger partial charge is 0.331 e. The summed E-state index contributed by atoms with van der Waals surface area (Å²) in [5.74, 6) is -0.892. The molecule has 1 heterocycles. The second-order valence-electron chi connectivity index (χ2n) is 5.87. The van der Waals surface area contributed by atoms with E-state index in [1.807, 2.05) is 6.07 Å². The highest BCUT2D eigenvalue weighted by Gasteiger charge is 2.51. The maximum Gasteiger partial charge on any atom is 0.331 e. The van der Waals surface area contributed by atoms with Gasteiger partial charge in [-0.05, 0) is 36.2 Å². The number of ether oxygens (including phenoxy) is 1. The summed E-state index contributed by atoms with van der Waals surface area (Å²) in [5.41, 5.74) is -0.492. The Bertz CT molecular complexity index is 838. The Morgan fingerprint density at radius 3 is 2.38 bits per heavy atom. The SMILES string of the molecule is CCC1(c2ccccc2)NC(=O)N(CC(=O)Oc2ccc(Cl)cc2)C1=O. The summed E-state index contributed by atoms with van der Waals surface area (Å²) < 4.78 is 5.16. The lowest BCUT2D eigenvalue weighted by Gasteiger charge is -2.25. The molecule has 0 aliphatic carbocycles. The molecule has 0 spiro atoms. The van der Waals surface area contributed by atoms with Gasteiger partial charge in [-0.1, -0.05) is 48.9 Å². The molecule has 1 atom stereocenters. The highest BCUT2D eigenvalue weighted by atomic mass is 35.5. The van der Waals surface area contributed by atoms with Gasteiger partial charge in [-0.2, -0.15) is 0 Å². The van der Waals surface area contributed by atoms with Crippen LogP contribution in [-0.4, -0.2) is 29.4 Å². The Labute approximate surface area is 155 Å². The zero-order chi connectivity index (χ0) is 18.7. The van der Waals surface area contributed by atoms with Crippen molar-refractivity contribution in [3.63, 3.8) is 0 Å². The number of carbonyl (C=O) groups is 3. The van der Waals surface area contributed by atoms with Crippen molar-refractivity contribution in [3.8, 4) is 5.75 Å². The van der Waals surface area contributed by atoms with Crippen molar-refractivity contribution < 1.29 is 19.1 Å². The van der Waals surface area contributed by atoms with Crippen molar-refractivity contribution in [2.45, 2.75) is 18.9 Å². The molecule has 26 heavy (non-hydrogen) atoms. The Morgan fingerprint density at radius 1 is 1.12 bits per heavy atom. The molecule has 7 heteroatoms. The number of benzene rings is 2. The van der Waals surface area contributed by atoms with E-state index in [9.17, 15) is 14.4 Å². The summed E-state index contributed by atoms with van der Waals surface area (Å²) in [7, 11) is 0. The van der Waals surface area contributed by atoms with Crippen LogP contribution in [0.5, 0.6) is 5.75 Å². The number of amides is 3. The van der Waals surface area contributed by atoms with E-state index >= 15 is 0 Å². The lowest BCUT2D eigenvalue weighted by Crippen LogP contribution is -2.44. The average molecular weight is 373 g/mol. The fourth-order valence-electron chi connectivity index (χ4n) is 2.93. The second-order valence-corrected chi connectivity index (χ2v) is 6.31. The zero-order valence-corrected chi connectivity index (χ0v) is 14.8. The van der Waals surface area contributed by atoms with Crippen LogP contribution in [0.4, 0.5) is 4.79 Å². The minimum absolute atomic E-state index is 0.288. The number of nitrogens with zero attached hydrogens (tertiary/aromatic N) is 1. The first kappa shape index (κ1) is 17.9. The minimum atomic E-state index is -1.17. The van der Waals surface area contributed by atoms with Gasteiger partial charge in [-0.15, -0.1) is 0 Å². The molecule has 1 saturated heterocycles. The summed E-state index contributed by atoms with van der Waals surface area (Å²) in [6, 6.07) is 14.6. The lowest BCUT2D eigenvalue weighted by molar-refractivity contribution is -0.141. The van der Waals surface area contributed by atoms with Crippen molar-refractivity contribution >= 4 is 29.5 Å². The van der Waals surface area contributed by atoms with Crippen LogP contribution in [0.2, 0.25) is 5.02 Å². The van der Waals surface area contributed by atoms with Crippen LogP contribution in [0.15, 0.2) is 54.6 Å².